The van der Waals surface area contributed by atoms with Crippen LogP contribution in [0.25, 0.3) is 0 Å². The normalized spacial score (nSPS) is 27.7. The minimum atomic E-state index is -0.931. The fourth-order valence-corrected chi connectivity index (χ4v) is 2.57. The van der Waals surface area contributed by atoms with Gasteiger partial charge in [0.1, 0.15) is 6.04 Å². The molecule has 2 fully saturated rings. The van der Waals surface area contributed by atoms with Gasteiger partial charge >= 0.3 is 12.0 Å². The van der Waals surface area contributed by atoms with E-state index >= 15 is 0 Å². The van der Waals surface area contributed by atoms with Crippen molar-refractivity contribution < 1.29 is 24.2 Å². The van der Waals surface area contributed by atoms with Crippen LogP contribution in [0.2, 0.25) is 0 Å². The number of hydrogen-bond donors (Lipinski definition) is 2. The molecule has 2 unspecified atom stereocenters. The Morgan fingerprint density at radius 1 is 1.25 bits per heavy atom. The van der Waals surface area contributed by atoms with Crippen molar-refractivity contribution in [3.05, 3.63) is 0 Å². The van der Waals surface area contributed by atoms with Gasteiger partial charge in [-0.15, -0.1) is 0 Å². The van der Waals surface area contributed by atoms with Gasteiger partial charge < -0.3 is 24.8 Å². The zero-order valence-electron chi connectivity index (χ0n) is 11.5. The molecule has 2 rings (SSSR count). The number of carboxylic acid groups (broad SMARTS) is 1. The molecule has 0 aliphatic carbocycles. The molecular weight excluding hydrogens is 264 g/mol. The lowest BCUT2D eigenvalue weighted by Crippen LogP contribution is -2.51. The van der Waals surface area contributed by atoms with E-state index in [9.17, 15) is 14.7 Å². The highest BCUT2D eigenvalue weighted by Crippen LogP contribution is 2.17. The van der Waals surface area contributed by atoms with Gasteiger partial charge in [-0.3, -0.25) is 0 Å². The topological polar surface area (TPSA) is 88.1 Å². The Morgan fingerprint density at radius 2 is 2.10 bits per heavy atom. The zero-order chi connectivity index (χ0) is 14.4. The molecule has 0 radical (unpaired) electrons. The molecule has 20 heavy (non-hydrogen) atoms. The van der Waals surface area contributed by atoms with Gasteiger partial charge in [0.05, 0.1) is 25.9 Å². The lowest BCUT2D eigenvalue weighted by Gasteiger charge is -2.29. The first-order valence-corrected chi connectivity index (χ1v) is 7.15. The SMILES string of the molecule is O=C(O)C1CCCCCN1C(=O)NCC1COCCO1. The lowest BCUT2D eigenvalue weighted by atomic mass is 10.1. The maximum absolute atomic E-state index is 12.2. The molecule has 2 atom stereocenters. The van der Waals surface area contributed by atoms with Gasteiger partial charge in [0.15, 0.2) is 0 Å². The molecule has 2 aliphatic rings. The minimum Gasteiger partial charge on any atom is -0.480 e. The van der Waals surface area contributed by atoms with Gasteiger partial charge in [0, 0.05) is 13.1 Å². The summed E-state index contributed by atoms with van der Waals surface area (Å²) >= 11 is 0. The van der Waals surface area contributed by atoms with E-state index < -0.39 is 12.0 Å². The van der Waals surface area contributed by atoms with Crippen LogP contribution in [0.15, 0.2) is 0 Å². The van der Waals surface area contributed by atoms with E-state index in [2.05, 4.69) is 5.32 Å². The third-order valence-electron chi connectivity index (χ3n) is 3.66. The number of carbonyl (C=O) groups excluding carboxylic acids is 1. The first-order valence-electron chi connectivity index (χ1n) is 7.15. The number of likely N-dealkylation sites (tertiary alicyclic amines) is 1. The Morgan fingerprint density at radius 3 is 2.80 bits per heavy atom. The molecule has 0 saturated carbocycles. The third kappa shape index (κ3) is 4.08. The number of nitrogens with zero attached hydrogens (tertiary/aromatic N) is 1. The molecule has 7 heteroatoms. The summed E-state index contributed by atoms with van der Waals surface area (Å²) in [6.45, 7) is 2.41. The predicted molar refractivity (Wildman–Crippen MR) is 70.6 cm³/mol. The van der Waals surface area contributed by atoms with Crippen LogP contribution in [0, 0.1) is 0 Å². The Balaban J connectivity index is 1.86. The number of hydrogen-bond acceptors (Lipinski definition) is 4. The molecule has 0 aromatic carbocycles. The first kappa shape index (κ1) is 15.1. The second-order valence-corrected chi connectivity index (χ2v) is 5.15. The van der Waals surface area contributed by atoms with Crippen molar-refractivity contribution in [2.75, 3.05) is 32.9 Å². The average Bonchev–Trinajstić information content (AvgIpc) is 2.71. The van der Waals surface area contributed by atoms with Crippen molar-refractivity contribution in [1.29, 1.82) is 0 Å². The molecular formula is C13H22N2O5. The molecule has 2 amide bonds. The number of amides is 2. The summed E-state index contributed by atoms with van der Waals surface area (Å²) in [5.74, 6) is -0.931. The van der Waals surface area contributed by atoms with Crippen molar-refractivity contribution in [2.24, 2.45) is 0 Å². The summed E-state index contributed by atoms with van der Waals surface area (Å²) in [5.41, 5.74) is 0. The van der Waals surface area contributed by atoms with Crippen LogP contribution in [-0.4, -0.2) is 67.1 Å². The maximum atomic E-state index is 12.2. The first-order chi connectivity index (χ1) is 9.68. The molecule has 0 aromatic heterocycles. The van der Waals surface area contributed by atoms with E-state index in [1.54, 1.807) is 0 Å². The summed E-state index contributed by atoms with van der Waals surface area (Å²) in [4.78, 5) is 24.9. The highest BCUT2D eigenvalue weighted by atomic mass is 16.6. The van der Waals surface area contributed by atoms with E-state index in [-0.39, 0.29) is 12.1 Å². The Bertz CT molecular complexity index is 344. The van der Waals surface area contributed by atoms with Crippen LogP contribution in [0.3, 0.4) is 0 Å². The lowest BCUT2D eigenvalue weighted by molar-refractivity contribution is -0.142. The quantitative estimate of drug-likeness (QED) is 0.786. The van der Waals surface area contributed by atoms with Crippen molar-refractivity contribution in [3.8, 4) is 0 Å². The summed E-state index contributed by atoms with van der Waals surface area (Å²) in [5, 5.41) is 12.0. The van der Waals surface area contributed by atoms with Crippen LogP contribution < -0.4 is 5.32 Å². The number of carbonyl (C=O) groups is 2. The summed E-state index contributed by atoms with van der Waals surface area (Å²) in [6.07, 6.45) is 3.03. The largest absolute Gasteiger partial charge is 0.480 e. The standard InChI is InChI=1S/C13H22N2O5/c16-12(17)11-4-2-1-3-5-15(11)13(18)14-8-10-9-19-6-7-20-10/h10-11H,1-9H2,(H,14,18)(H,16,17). The smallest absolute Gasteiger partial charge is 0.326 e. The van der Waals surface area contributed by atoms with E-state index in [0.717, 1.165) is 19.3 Å². The van der Waals surface area contributed by atoms with Gasteiger partial charge in [-0.2, -0.15) is 0 Å². The Kier molecular flexibility index (Phi) is 5.60. The predicted octanol–water partition coefficient (Wildman–Crippen LogP) is 0.441. The number of aliphatic carboxylic acids is 1. The van der Waals surface area contributed by atoms with E-state index in [0.29, 0.717) is 39.3 Å². The van der Waals surface area contributed by atoms with Crippen LogP contribution in [-0.2, 0) is 14.3 Å². The molecule has 2 N–H and O–H groups in total. The average molecular weight is 286 g/mol. The van der Waals surface area contributed by atoms with Crippen LogP contribution in [0.1, 0.15) is 25.7 Å². The van der Waals surface area contributed by atoms with Crippen LogP contribution in [0.5, 0.6) is 0 Å². The monoisotopic (exact) mass is 286 g/mol. The number of nitrogens with one attached hydrogen (secondary N) is 1. The van der Waals surface area contributed by atoms with E-state index in [1.165, 1.54) is 4.90 Å². The molecule has 114 valence electrons. The van der Waals surface area contributed by atoms with Gasteiger partial charge in [0.2, 0.25) is 0 Å². The number of carboxylic acids is 1. The Hall–Kier alpha value is -1.34. The minimum absolute atomic E-state index is 0.150. The molecule has 0 spiro atoms. The second kappa shape index (κ2) is 7.44. The maximum Gasteiger partial charge on any atom is 0.326 e. The molecule has 2 aliphatic heterocycles. The van der Waals surface area contributed by atoms with Gasteiger partial charge in [-0.05, 0) is 12.8 Å². The summed E-state index contributed by atoms with van der Waals surface area (Å²) in [6, 6.07) is -1.05. The molecule has 0 bridgehead atoms. The molecule has 7 nitrogen and oxygen atoms in total. The Labute approximate surface area is 118 Å². The van der Waals surface area contributed by atoms with E-state index in [1.807, 2.05) is 0 Å². The highest BCUT2D eigenvalue weighted by Gasteiger charge is 2.31. The van der Waals surface area contributed by atoms with Gasteiger partial charge in [-0.1, -0.05) is 12.8 Å². The molecule has 2 heterocycles. The van der Waals surface area contributed by atoms with E-state index in [4.69, 9.17) is 9.47 Å². The number of rotatable bonds is 3. The fraction of sp³-hybridized carbons (Fsp3) is 0.846. The van der Waals surface area contributed by atoms with Gasteiger partial charge in [-0.25, -0.2) is 9.59 Å². The van der Waals surface area contributed by atoms with Crippen molar-refractivity contribution in [2.45, 2.75) is 37.8 Å². The number of urea groups is 1. The zero-order valence-corrected chi connectivity index (χ0v) is 11.5. The third-order valence-corrected chi connectivity index (χ3v) is 3.66. The van der Waals surface area contributed by atoms with Crippen molar-refractivity contribution >= 4 is 12.0 Å². The van der Waals surface area contributed by atoms with Crippen LogP contribution >= 0.6 is 0 Å². The highest BCUT2D eigenvalue weighted by molar-refractivity contribution is 5.82. The number of ether oxygens (including phenoxy) is 2. The fourth-order valence-electron chi connectivity index (χ4n) is 2.57. The van der Waals surface area contributed by atoms with Crippen LogP contribution in [0.4, 0.5) is 4.79 Å². The molecule has 2 saturated heterocycles. The molecule has 0 aromatic rings. The van der Waals surface area contributed by atoms with Gasteiger partial charge in [0.25, 0.3) is 0 Å². The van der Waals surface area contributed by atoms with Crippen molar-refractivity contribution in [3.63, 3.8) is 0 Å². The van der Waals surface area contributed by atoms with Crippen molar-refractivity contribution in [1.82, 2.24) is 10.2 Å². The second-order valence-electron chi connectivity index (χ2n) is 5.15. The summed E-state index contributed by atoms with van der Waals surface area (Å²) < 4.78 is 10.7. The summed E-state index contributed by atoms with van der Waals surface area (Å²) in [7, 11) is 0.